The van der Waals surface area contributed by atoms with Crippen LogP contribution in [0.5, 0.6) is 5.88 Å². The SMILES string of the molecule is CC(C)CCNC(=O)c1ccnc(OC2CCOC2)c1. The lowest BCUT2D eigenvalue weighted by Gasteiger charge is -2.12. The van der Waals surface area contributed by atoms with Gasteiger partial charge in [-0.1, -0.05) is 13.8 Å². The summed E-state index contributed by atoms with van der Waals surface area (Å²) in [6.45, 7) is 6.26. The van der Waals surface area contributed by atoms with Gasteiger partial charge in [-0.3, -0.25) is 4.79 Å². The van der Waals surface area contributed by atoms with Gasteiger partial charge in [0.15, 0.2) is 0 Å². The molecule has 1 saturated heterocycles. The summed E-state index contributed by atoms with van der Waals surface area (Å²) in [5.74, 6) is 0.978. The number of ether oxygens (including phenoxy) is 2. The number of carbonyl (C=O) groups is 1. The van der Waals surface area contributed by atoms with E-state index in [4.69, 9.17) is 9.47 Å². The van der Waals surface area contributed by atoms with Crippen molar-refractivity contribution in [2.45, 2.75) is 32.8 Å². The molecular formula is C15H22N2O3. The zero-order valence-electron chi connectivity index (χ0n) is 12.1. The summed E-state index contributed by atoms with van der Waals surface area (Å²) in [4.78, 5) is 16.1. The zero-order chi connectivity index (χ0) is 14.4. The molecule has 1 aromatic heterocycles. The Morgan fingerprint density at radius 3 is 3.15 bits per heavy atom. The van der Waals surface area contributed by atoms with E-state index in [-0.39, 0.29) is 12.0 Å². The van der Waals surface area contributed by atoms with Crippen molar-refractivity contribution in [3.63, 3.8) is 0 Å². The minimum atomic E-state index is -0.0828. The van der Waals surface area contributed by atoms with E-state index in [1.54, 1.807) is 18.3 Å². The molecule has 1 fully saturated rings. The lowest BCUT2D eigenvalue weighted by molar-refractivity contribution is 0.0950. The fourth-order valence-electron chi connectivity index (χ4n) is 1.97. The molecule has 0 saturated carbocycles. The average Bonchev–Trinajstić information content (AvgIpc) is 2.91. The molecule has 1 amide bonds. The van der Waals surface area contributed by atoms with Gasteiger partial charge < -0.3 is 14.8 Å². The molecule has 5 nitrogen and oxygen atoms in total. The number of rotatable bonds is 6. The van der Waals surface area contributed by atoms with Crippen molar-refractivity contribution in [2.24, 2.45) is 5.92 Å². The number of hydrogen-bond donors (Lipinski definition) is 1. The standard InChI is InChI=1S/C15H22N2O3/c1-11(2)3-6-17-15(18)12-4-7-16-14(9-12)20-13-5-8-19-10-13/h4,7,9,11,13H,3,5-6,8,10H2,1-2H3,(H,17,18). The van der Waals surface area contributed by atoms with Crippen molar-refractivity contribution in [1.29, 1.82) is 0 Å². The van der Waals surface area contributed by atoms with Gasteiger partial charge in [0.05, 0.1) is 13.2 Å². The van der Waals surface area contributed by atoms with E-state index in [0.717, 1.165) is 19.4 Å². The summed E-state index contributed by atoms with van der Waals surface area (Å²) in [5.41, 5.74) is 0.581. The summed E-state index contributed by atoms with van der Waals surface area (Å²) >= 11 is 0. The second kappa shape index (κ2) is 7.24. The fourth-order valence-corrected chi connectivity index (χ4v) is 1.97. The molecule has 2 rings (SSSR count). The molecule has 0 radical (unpaired) electrons. The molecule has 20 heavy (non-hydrogen) atoms. The summed E-state index contributed by atoms with van der Waals surface area (Å²) in [6.07, 6.45) is 3.48. The molecule has 0 spiro atoms. The Hall–Kier alpha value is -1.62. The number of carbonyl (C=O) groups excluding carboxylic acids is 1. The predicted molar refractivity (Wildman–Crippen MR) is 75.9 cm³/mol. The van der Waals surface area contributed by atoms with Gasteiger partial charge >= 0.3 is 0 Å². The van der Waals surface area contributed by atoms with Crippen molar-refractivity contribution < 1.29 is 14.3 Å². The lowest BCUT2D eigenvalue weighted by Crippen LogP contribution is -2.25. The number of amides is 1. The molecule has 1 unspecified atom stereocenters. The van der Waals surface area contributed by atoms with Crippen molar-refractivity contribution in [2.75, 3.05) is 19.8 Å². The first-order valence-electron chi connectivity index (χ1n) is 7.14. The number of aromatic nitrogens is 1. The minimum Gasteiger partial charge on any atom is -0.472 e. The first kappa shape index (κ1) is 14.8. The third kappa shape index (κ3) is 4.49. The second-order valence-corrected chi connectivity index (χ2v) is 5.42. The highest BCUT2D eigenvalue weighted by Gasteiger charge is 2.18. The number of pyridine rings is 1. The highest BCUT2D eigenvalue weighted by molar-refractivity contribution is 5.94. The van der Waals surface area contributed by atoms with E-state index in [2.05, 4.69) is 24.1 Å². The Morgan fingerprint density at radius 1 is 1.60 bits per heavy atom. The van der Waals surface area contributed by atoms with Gasteiger partial charge in [0.1, 0.15) is 6.10 Å². The van der Waals surface area contributed by atoms with Gasteiger partial charge in [-0.2, -0.15) is 0 Å². The maximum absolute atomic E-state index is 12.0. The minimum absolute atomic E-state index is 0.0433. The molecular weight excluding hydrogens is 256 g/mol. The Labute approximate surface area is 119 Å². The van der Waals surface area contributed by atoms with Crippen LogP contribution >= 0.6 is 0 Å². The Kier molecular flexibility index (Phi) is 5.35. The van der Waals surface area contributed by atoms with E-state index in [9.17, 15) is 4.79 Å². The van der Waals surface area contributed by atoms with Crippen LogP contribution in [0.1, 0.15) is 37.0 Å². The van der Waals surface area contributed by atoms with Crippen molar-refractivity contribution in [3.05, 3.63) is 23.9 Å². The topological polar surface area (TPSA) is 60.5 Å². The summed E-state index contributed by atoms with van der Waals surface area (Å²) < 4.78 is 10.9. The maximum Gasteiger partial charge on any atom is 0.251 e. The van der Waals surface area contributed by atoms with Gasteiger partial charge in [-0.25, -0.2) is 4.98 Å². The fraction of sp³-hybridized carbons (Fsp3) is 0.600. The predicted octanol–water partition coefficient (Wildman–Crippen LogP) is 2.03. The van der Waals surface area contributed by atoms with Gasteiger partial charge in [0.25, 0.3) is 5.91 Å². The van der Waals surface area contributed by atoms with E-state index in [1.807, 2.05) is 0 Å². The van der Waals surface area contributed by atoms with Crippen LogP contribution in [0, 0.1) is 5.92 Å². The van der Waals surface area contributed by atoms with Crippen LogP contribution in [-0.4, -0.2) is 36.8 Å². The molecule has 2 heterocycles. The van der Waals surface area contributed by atoms with Crippen molar-refractivity contribution >= 4 is 5.91 Å². The first-order valence-corrected chi connectivity index (χ1v) is 7.14. The molecule has 1 atom stereocenters. The number of nitrogens with zero attached hydrogens (tertiary/aromatic N) is 1. The van der Waals surface area contributed by atoms with Gasteiger partial charge in [0, 0.05) is 30.8 Å². The van der Waals surface area contributed by atoms with Crippen LogP contribution in [-0.2, 0) is 4.74 Å². The van der Waals surface area contributed by atoms with Crippen LogP contribution in [0.4, 0.5) is 0 Å². The number of hydrogen-bond acceptors (Lipinski definition) is 4. The number of nitrogens with one attached hydrogen (secondary N) is 1. The van der Waals surface area contributed by atoms with Crippen molar-refractivity contribution in [3.8, 4) is 5.88 Å². The van der Waals surface area contributed by atoms with Crippen LogP contribution in [0.25, 0.3) is 0 Å². The smallest absolute Gasteiger partial charge is 0.251 e. The van der Waals surface area contributed by atoms with Gasteiger partial charge in [-0.05, 0) is 18.4 Å². The van der Waals surface area contributed by atoms with Crippen LogP contribution in [0.3, 0.4) is 0 Å². The Bertz CT molecular complexity index is 442. The van der Waals surface area contributed by atoms with Crippen LogP contribution < -0.4 is 10.1 Å². The molecule has 0 bridgehead atoms. The second-order valence-electron chi connectivity index (χ2n) is 5.42. The van der Waals surface area contributed by atoms with E-state index >= 15 is 0 Å². The summed E-state index contributed by atoms with van der Waals surface area (Å²) in [5, 5.41) is 2.90. The molecule has 1 aliphatic rings. The van der Waals surface area contributed by atoms with Gasteiger partial charge in [-0.15, -0.1) is 0 Å². The van der Waals surface area contributed by atoms with E-state index < -0.39 is 0 Å². The van der Waals surface area contributed by atoms with E-state index in [1.165, 1.54) is 0 Å². The summed E-state index contributed by atoms with van der Waals surface area (Å²) in [6, 6.07) is 3.38. The molecule has 1 N–H and O–H groups in total. The summed E-state index contributed by atoms with van der Waals surface area (Å²) in [7, 11) is 0. The first-order chi connectivity index (χ1) is 9.65. The highest BCUT2D eigenvalue weighted by atomic mass is 16.5. The van der Waals surface area contributed by atoms with Crippen molar-refractivity contribution in [1.82, 2.24) is 10.3 Å². The lowest BCUT2D eigenvalue weighted by atomic mass is 10.1. The van der Waals surface area contributed by atoms with Gasteiger partial charge in [0.2, 0.25) is 5.88 Å². The molecule has 1 aromatic rings. The monoisotopic (exact) mass is 278 g/mol. The maximum atomic E-state index is 12.0. The van der Waals surface area contributed by atoms with E-state index in [0.29, 0.717) is 30.5 Å². The molecule has 0 aliphatic carbocycles. The largest absolute Gasteiger partial charge is 0.472 e. The average molecular weight is 278 g/mol. The normalized spacial score (nSPS) is 18.2. The molecule has 0 aromatic carbocycles. The zero-order valence-corrected chi connectivity index (χ0v) is 12.1. The molecule has 1 aliphatic heterocycles. The highest BCUT2D eigenvalue weighted by Crippen LogP contribution is 2.15. The quantitative estimate of drug-likeness (QED) is 0.865. The Balaban J connectivity index is 1.89. The third-order valence-electron chi connectivity index (χ3n) is 3.18. The van der Waals surface area contributed by atoms with Crippen LogP contribution in [0.15, 0.2) is 18.3 Å². The molecule has 110 valence electrons. The molecule has 5 heteroatoms. The Morgan fingerprint density at radius 2 is 2.45 bits per heavy atom. The van der Waals surface area contributed by atoms with Crippen LogP contribution in [0.2, 0.25) is 0 Å². The third-order valence-corrected chi connectivity index (χ3v) is 3.18.